The Morgan fingerprint density at radius 2 is 1.48 bits per heavy atom. The fourth-order valence-corrected chi connectivity index (χ4v) is 5.48. The van der Waals surface area contributed by atoms with Crippen LogP contribution in [0, 0.1) is 27.7 Å². The van der Waals surface area contributed by atoms with Crippen molar-refractivity contribution in [3.63, 3.8) is 0 Å². The van der Waals surface area contributed by atoms with Crippen LogP contribution in [0.4, 0.5) is 5.69 Å². The van der Waals surface area contributed by atoms with Gasteiger partial charge in [0.05, 0.1) is 11.4 Å². The Kier molecular flexibility index (Phi) is 4.78. The quantitative estimate of drug-likeness (QED) is 0.330. The lowest BCUT2D eigenvalue weighted by atomic mass is 9.85. The maximum Gasteiger partial charge on any atom is 0.0671 e. The SMILES string of the molecule is Cc1cc(C)c([C@@H](C)c2cc(C)ccc2N=C2Cc3cccc4cccc2c34)c(C)c1. The van der Waals surface area contributed by atoms with Gasteiger partial charge in [0.1, 0.15) is 0 Å². The van der Waals surface area contributed by atoms with Crippen LogP contribution >= 0.6 is 0 Å². The van der Waals surface area contributed by atoms with Crippen molar-refractivity contribution in [1.82, 2.24) is 0 Å². The van der Waals surface area contributed by atoms with E-state index in [0.29, 0.717) is 5.92 Å². The first kappa shape index (κ1) is 19.8. The van der Waals surface area contributed by atoms with E-state index in [0.717, 1.165) is 12.1 Å². The van der Waals surface area contributed by atoms with Gasteiger partial charge in [0.25, 0.3) is 0 Å². The van der Waals surface area contributed by atoms with Gasteiger partial charge in [-0.3, -0.25) is 4.99 Å². The summed E-state index contributed by atoms with van der Waals surface area (Å²) in [6, 6.07) is 24.5. The van der Waals surface area contributed by atoms with Crippen LogP contribution in [-0.4, -0.2) is 5.71 Å². The second-order valence-electron chi connectivity index (χ2n) is 9.15. The Labute approximate surface area is 185 Å². The predicted octanol–water partition coefficient (Wildman–Crippen LogP) is 7.90. The molecule has 0 radical (unpaired) electrons. The van der Waals surface area contributed by atoms with Crippen LogP contribution < -0.4 is 0 Å². The third-order valence-corrected chi connectivity index (χ3v) is 6.74. The summed E-state index contributed by atoms with van der Waals surface area (Å²) in [5.41, 5.74) is 13.0. The number of hydrogen-bond donors (Lipinski definition) is 0. The first-order valence-corrected chi connectivity index (χ1v) is 11.2. The third-order valence-electron chi connectivity index (χ3n) is 6.74. The summed E-state index contributed by atoms with van der Waals surface area (Å²) in [5, 5.41) is 2.68. The van der Waals surface area contributed by atoms with Crippen LogP contribution in [0.5, 0.6) is 0 Å². The largest absolute Gasteiger partial charge is 0.252 e. The maximum atomic E-state index is 5.28. The molecule has 0 aromatic heterocycles. The highest BCUT2D eigenvalue weighted by atomic mass is 14.8. The maximum absolute atomic E-state index is 5.28. The first-order valence-electron chi connectivity index (χ1n) is 11.2. The van der Waals surface area contributed by atoms with Crippen molar-refractivity contribution in [2.24, 2.45) is 4.99 Å². The van der Waals surface area contributed by atoms with E-state index in [1.54, 1.807) is 0 Å². The Morgan fingerprint density at radius 1 is 0.774 bits per heavy atom. The van der Waals surface area contributed by atoms with Gasteiger partial charge in [-0.25, -0.2) is 0 Å². The molecule has 1 aliphatic rings. The van der Waals surface area contributed by atoms with Crippen molar-refractivity contribution >= 4 is 22.2 Å². The van der Waals surface area contributed by atoms with Gasteiger partial charge < -0.3 is 0 Å². The van der Waals surface area contributed by atoms with Gasteiger partial charge in [-0.15, -0.1) is 0 Å². The Morgan fingerprint density at radius 3 is 2.23 bits per heavy atom. The zero-order chi connectivity index (χ0) is 21.7. The first-order chi connectivity index (χ1) is 14.9. The van der Waals surface area contributed by atoms with Crippen molar-refractivity contribution < 1.29 is 0 Å². The van der Waals surface area contributed by atoms with E-state index in [1.165, 1.54) is 61.0 Å². The fraction of sp³-hybridized carbons (Fsp3) is 0.233. The normalized spacial score (nSPS) is 15.1. The van der Waals surface area contributed by atoms with Crippen LogP contribution in [-0.2, 0) is 6.42 Å². The van der Waals surface area contributed by atoms with Crippen molar-refractivity contribution in [3.8, 4) is 0 Å². The monoisotopic (exact) mass is 403 g/mol. The predicted molar refractivity (Wildman–Crippen MR) is 133 cm³/mol. The zero-order valence-corrected chi connectivity index (χ0v) is 19.1. The standard InChI is InChI=1S/C30H29N/c1-18-12-13-27(26(16-18)22(5)29-20(3)14-19(2)15-21(29)4)31-28-17-24-10-6-8-23-9-7-11-25(28)30(23)24/h6-16,22H,17H2,1-5H3/t22-/m0/s1. The van der Waals surface area contributed by atoms with Crippen LogP contribution in [0.25, 0.3) is 10.8 Å². The lowest BCUT2D eigenvalue weighted by Gasteiger charge is -2.21. The molecule has 4 aromatic carbocycles. The molecule has 5 rings (SSSR count). The molecule has 4 aromatic rings. The summed E-state index contributed by atoms with van der Waals surface area (Å²) >= 11 is 0. The second kappa shape index (κ2) is 7.50. The summed E-state index contributed by atoms with van der Waals surface area (Å²) in [4.78, 5) is 5.28. The molecular formula is C30H29N. The summed E-state index contributed by atoms with van der Waals surface area (Å²) in [5.74, 6) is 0.291. The van der Waals surface area contributed by atoms with Crippen LogP contribution in [0.3, 0.4) is 0 Å². The molecule has 1 aliphatic carbocycles. The minimum atomic E-state index is 0.291. The molecule has 1 heteroatoms. The molecule has 1 nitrogen and oxygen atoms in total. The van der Waals surface area contributed by atoms with Crippen LogP contribution in [0.1, 0.15) is 57.3 Å². The van der Waals surface area contributed by atoms with Crippen molar-refractivity contribution in [1.29, 1.82) is 0 Å². The lowest BCUT2D eigenvalue weighted by molar-refractivity contribution is 0.894. The smallest absolute Gasteiger partial charge is 0.0671 e. The molecule has 0 heterocycles. The summed E-state index contributed by atoms with van der Waals surface area (Å²) in [6.07, 6.45) is 0.904. The molecule has 0 fully saturated rings. The van der Waals surface area contributed by atoms with Gasteiger partial charge in [-0.1, -0.05) is 78.7 Å². The van der Waals surface area contributed by atoms with E-state index in [1.807, 2.05) is 0 Å². The minimum absolute atomic E-state index is 0.291. The Balaban J connectivity index is 1.65. The van der Waals surface area contributed by atoms with Crippen molar-refractivity contribution in [2.75, 3.05) is 0 Å². The molecule has 154 valence electrons. The van der Waals surface area contributed by atoms with E-state index < -0.39 is 0 Å². The molecule has 0 saturated carbocycles. The van der Waals surface area contributed by atoms with Crippen LogP contribution in [0.2, 0.25) is 0 Å². The van der Waals surface area contributed by atoms with Gasteiger partial charge in [-0.2, -0.15) is 0 Å². The molecular weight excluding hydrogens is 374 g/mol. The number of aliphatic imine (C=N–C) groups is 1. The number of nitrogens with zero attached hydrogens (tertiary/aromatic N) is 1. The van der Waals surface area contributed by atoms with Crippen molar-refractivity contribution in [2.45, 2.75) is 47.0 Å². The molecule has 0 unspecified atom stereocenters. The van der Waals surface area contributed by atoms with Gasteiger partial charge in [0.2, 0.25) is 0 Å². The van der Waals surface area contributed by atoms with Crippen molar-refractivity contribution in [3.05, 3.63) is 111 Å². The molecule has 0 bridgehead atoms. The Bertz CT molecular complexity index is 1330. The highest BCUT2D eigenvalue weighted by Gasteiger charge is 2.22. The minimum Gasteiger partial charge on any atom is -0.252 e. The molecule has 0 aliphatic heterocycles. The highest BCUT2D eigenvalue weighted by Crippen LogP contribution is 2.38. The Hall–Kier alpha value is -3.19. The highest BCUT2D eigenvalue weighted by molar-refractivity contribution is 6.18. The van der Waals surface area contributed by atoms with E-state index in [9.17, 15) is 0 Å². The fourth-order valence-electron chi connectivity index (χ4n) is 5.48. The van der Waals surface area contributed by atoms with E-state index in [-0.39, 0.29) is 0 Å². The molecule has 31 heavy (non-hydrogen) atoms. The molecule has 1 atom stereocenters. The third kappa shape index (κ3) is 3.39. The number of hydrogen-bond acceptors (Lipinski definition) is 1. The summed E-state index contributed by atoms with van der Waals surface area (Å²) < 4.78 is 0. The molecule has 0 amide bonds. The lowest BCUT2D eigenvalue weighted by Crippen LogP contribution is -2.04. The average molecular weight is 404 g/mol. The van der Waals surface area contributed by atoms with E-state index >= 15 is 0 Å². The molecule has 0 spiro atoms. The van der Waals surface area contributed by atoms with Gasteiger partial charge in [0, 0.05) is 17.9 Å². The summed E-state index contributed by atoms with van der Waals surface area (Å²) in [6.45, 7) is 11.2. The van der Waals surface area contributed by atoms with Crippen LogP contribution in [0.15, 0.2) is 71.7 Å². The number of benzene rings is 4. The molecule has 0 saturated heterocycles. The van der Waals surface area contributed by atoms with Gasteiger partial charge in [0.15, 0.2) is 0 Å². The number of rotatable bonds is 3. The topological polar surface area (TPSA) is 12.4 Å². The van der Waals surface area contributed by atoms with E-state index in [2.05, 4.69) is 101 Å². The van der Waals surface area contributed by atoms with Gasteiger partial charge in [-0.05, 0) is 72.4 Å². The van der Waals surface area contributed by atoms with Gasteiger partial charge >= 0.3 is 0 Å². The molecule has 0 N–H and O–H groups in total. The van der Waals surface area contributed by atoms with E-state index in [4.69, 9.17) is 4.99 Å². The second-order valence-corrected chi connectivity index (χ2v) is 9.15. The number of aryl methyl sites for hydroxylation is 4. The average Bonchev–Trinajstić information content (AvgIpc) is 3.08. The summed E-state index contributed by atoms with van der Waals surface area (Å²) in [7, 11) is 0. The zero-order valence-electron chi connectivity index (χ0n) is 19.1.